The average molecular weight is 1150 g/mol. The number of hydrogen-bond acceptors (Lipinski definition) is 1. The lowest BCUT2D eigenvalue weighted by Gasteiger charge is -2.39. The Balaban J connectivity index is 1.45. The molecule has 0 unspecified atom stereocenters. The van der Waals surface area contributed by atoms with E-state index in [9.17, 15) is 119 Å². The normalized spacial score (nSPS) is 14.6. The quantitative estimate of drug-likeness (QED) is 0.0672. The maximum Gasteiger partial charge on any atom is 0.460 e. The van der Waals surface area contributed by atoms with Crippen molar-refractivity contribution in [2.24, 2.45) is 0 Å². The van der Waals surface area contributed by atoms with E-state index in [0.717, 1.165) is 48.5 Å². The third-order valence-electron chi connectivity index (χ3n) is 12.1. The van der Waals surface area contributed by atoms with Gasteiger partial charge in [-0.25, -0.2) is 0 Å². The van der Waals surface area contributed by atoms with Crippen molar-refractivity contribution >= 4 is 45.4 Å². The fraction of sp³-hybridized carbons (Fsp3) is 0.333. The number of alkyl halides is 26. The highest BCUT2D eigenvalue weighted by Crippen LogP contribution is 2.63. The number of aromatic hydroxyl groups is 1. The van der Waals surface area contributed by atoms with Crippen LogP contribution in [0, 0.1) is 0 Å². The van der Waals surface area contributed by atoms with Crippen molar-refractivity contribution in [3.05, 3.63) is 132 Å². The number of hydrogen-bond donors (Lipinski definition) is 1. The maximum absolute atomic E-state index is 14.9. The predicted molar refractivity (Wildman–Crippen MR) is 225 cm³/mol. The van der Waals surface area contributed by atoms with Gasteiger partial charge in [0, 0.05) is 24.0 Å². The van der Waals surface area contributed by atoms with Gasteiger partial charge in [-0.15, -0.1) is 0 Å². The second-order valence-corrected chi connectivity index (χ2v) is 19.2. The molecule has 0 heterocycles. The smallest absolute Gasteiger partial charge is 0.460 e. The van der Waals surface area contributed by atoms with Crippen LogP contribution in [0.2, 0.25) is 0 Å². The maximum atomic E-state index is 14.9. The van der Waals surface area contributed by atoms with E-state index in [-0.39, 0.29) is 32.7 Å². The van der Waals surface area contributed by atoms with E-state index in [0.29, 0.717) is 15.9 Å². The summed E-state index contributed by atoms with van der Waals surface area (Å²) in [6, 6.07) is 26.8. The Morgan fingerprint density at radius 2 is 0.658 bits per heavy atom. The first-order chi connectivity index (χ1) is 34.5. The molecule has 0 radical (unpaired) electrons. The van der Waals surface area contributed by atoms with E-state index in [4.69, 9.17) is 0 Å². The first kappa shape index (κ1) is 59.5. The van der Waals surface area contributed by atoms with Gasteiger partial charge in [0.2, 0.25) is 0 Å². The predicted octanol–water partition coefficient (Wildman–Crippen LogP) is 16.5. The molecule has 28 heteroatoms. The Bertz CT molecular complexity index is 3020. The lowest BCUT2D eigenvalue weighted by atomic mass is 9.89. The molecule has 0 atom stereocenters. The molecule has 0 fully saturated rings. The summed E-state index contributed by atoms with van der Waals surface area (Å²) in [6.45, 7) is 0. The van der Waals surface area contributed by atoms with E-state index in [1.165, 1.54) is 12.1 Å². The Hall–Kier alpha value is -5.75. The largest absolute Gasteiger partial charge is 0.507 e. The lowest BCUT2D eigenvalue weighted by molar-refractivity contribution is -0.440. The molecule has 0 bridgehead atoms. The fourth-order valence-corrected chi connectivity index (χ4v) is 10.3. The Kier molecular flexibility index (Phi) is 15.1. The van der Waals surface area contributed by atoms with E-state index in [2.05, 4.69) is 0 Å². The Morgan fingerprint density at radius 3 is 1.01 bits per heavy atom. The van der Waals surface area contributed by atoms with Gasteiger partial charge in [-0.2, -0.15) is 114 Å². The molecule has 0 saturated heterocycles. The summed E-state index contributed by atoms with van der Waals surface area (Å²) in [6.07, 6.45) is -23.4. The second kappa shape index (κ2) is 19.3. The molecule has 6 rings (SSSR count). The van der Waals surface area contributed by atoms with Crippen LogP contribution in [-0.4, -0.2) is 76.7 Å². The first-order valence-corrected chi connectivity index (χ1v) is 22.4. The summed E-state index contributed by atoms with van der Waals surface area (Å²) in [7, 11) is -1.81. The summed E-state index contributed by atoms with van der Waals surface area (Å²) < 4.78 is 360. The molecular weight excluding hydrogens is 1120 g/mol. The number of rotatable bonds is 18. The highest BCUT2D eigenvalue weighted by atomic mass is 31.1. The van der Waals surface area contributed by atoms with Crippen LogP contribution in [0.4, 0.5) is 114 Å². The van der Waals surface area contributed by atoms with Crippen molar-refractivity contribution in [3.63, 3.8) is 0 Å². The SMILES string of the molecule is Oc1ccc2cc(CCC(F)(F)C(F)(F)C(F)(F)C(F)(F)C(F)(F)C(F)(F)F)ccc2c1-c1c(P(c2ccccc2)c2ccccc2)ccc2cc(CCC(F)(F)C(F)(F)C(F)(F)C(F)(F)C(F)(F)C(F)(F)F)ccc12. The van der Waals surface area contributed by atoms with E-state index >= 15 is 0 Å². The van der Waals surface area contributed by atoms with Crippen LogP contribution in [0.1, 0.15) is 24.0 Å². The highest BCUT2D eigenvalue weighted by molar-refractivity contribution is 7.80. The third-order valence-corrected chi connectivity index (χ3v) is 14.6. The van der Waals surface area contributed by atoms with Crippen molar-refractivity contribution in [1.29, 1.82) is 0 Å². The zero-order valence-electron chi connectivity index (χ0n) is 37.1. The molecule has 1 nitrogen and oxygen atoms in total. The van der Waals surface area contributed by atoms with Crippen LogP contribution in [0.5, 0.6) is 5.75 Å². The van der Waals surface area contributed by atoms with Crippen molar-refractivity contribution < 1.29 is 119 Å². The van der Waals surface area contributed by atoms with Crippen LogP contribution >= 0.6 is 7.92 Å². The molecule has 0 aliphatic heterocycles. The van der Waals surface area contributed by atoms with E-state index in [1.807, 2.05) is 0 Å². The first-order valence-electron chi connectivity index (χ1n) is 21.1. The molecule has 0 spiro atoms. The van der Waals surface area contributed by atoms with Gasteiger partial charge in [0.1, 0.15) is 5.75 Å². The number of phenols is 1. The lowest BCUT2D eigenvalue weighted by Crippen LogP contribution is -2.70. The summed E-state index contributed by atoms with van der Waals surface area (Å²) in [4.78, 5) is 0. The number of fused-ring (bicyclic) bond motifs is 2. The van der Waals surface area contributed by atoms with Crippen molar-refractivity contribution in [2.45, 2.75) is 97.3 Å². The van der Waals surface area contributed by atoms with E-state index < -0.39 is 122 Å². The van der Waals surface area contributed by atoms with Gasteiger partial charge in [-0.1, -0.05) is 115 Å². The van der Waals surface area contributed by atoms with Crippen LogP contribution < -0.4 is 15.9 Å². The summed E-state index contributed by atoms with van der Waals surface area (Å²) in [5.41, 5.74) is -1.22. The van der Waals surface area contributed by atoms with Gasteiger partial charge >= 0.3 is 71.6 Å². The van der Waals surface area contributed by atoms with Crippen LogP contribution in [0.25, 0.3) is 32.7 Å². The zero-order chi connectivity index (χ0) is 57.5. The van der Waals surface area contributed by atoms with Crippen molar-refractivity contribution in [3.8, 4) is 16.9 Å². The van der Waals surface area contributed by atoms with E-state index in [1.54, 1.807) is 60.7 Å². The molecule has 76 heavy (non-hydrogen) atoms. The molecule has 0 aromatic heterocycles. The highest BCUT2D eigenvalue weighted by Gasteiger charge is 2.92. The second-order valence-electron chi connectivity index (χ2n) is 17.0. The topological polar surface area (TPSA) is 20.2 Å². The Labute approximate surface area is 410 Å². The minimum atomic E-state index is -8.12. The monoisotopic (exact) mass is 1150 g/mol. The van der Waals surface area contributed by atoms with Crippen LogP contribution in [-0.2, 0) is 12.8 Å². The molecule has 6 aromatic rings. The van der Waals surface area contributed by atoms with Gasteiger partial charge in [0.05, 0.1) is 0 Å². The van der Waals surface area contributed by atoms with Crippen LogP contribution in [0.15, 0.2) is 121 Å². The van der Waals surface area contributed by atoms with Crippen molar-refractivity contribution in [1.82, 2.24) is 0 Å². The van der Waals surface area contributed by atoms with Gasteiger partial charge in [0.15, 0.2) is 0 Å². The number of benzene rings is 6. The number of aryl methyl sites for hydroxylation is 2. The number of phenolic OH excluding ortho intramolecular Hbond substituents is 1. The molecule has 0 saturated carbocycles. The van der Waals surface area contributed by atoms with Crippen molar-refractivity contribution in [2.75, 3.05) is 0 Å². The summed E-state index contributed by atoms with van der Waals surface area (Å²) in [5.74, 6) is -76.8. The molecule has 414 valence electrons. The zero-order valence-corrected chi connectivity index (χ0v) is 38.0. The van der Waals surface area contributed by atoms with Gasteiger partial charge < -0.3 is 5.11 Å². The minimum absolute atomic E-state index is 0.000778. The fourth-order valence-electron chi connectivity index (χ4n) is 7.86. The Morgan fingerprint density at radius 1 is 0.329 bits per heavy atom. The van der Waals surface area contributed by atoms with Gasteiger partial charge in [0.25, 0.3) is 0 Å². The molecular formula is C48H29F26OP. The molecule has 0 amide bonds. The third kappa shape index (κ3) is 9.50. The average Bonchev–Trinajstić information content (AvgIpc) is 3.32. The summed E-state index contributed by atoms with van der Waals surface area (Å²) in [5, 5.41) is 12.8. The van der Waals surface area contributed by atoms with Crippen LogP contribution in [0.3, 0.4) is 0 Å². The summed E-state index contributed by atoms with van der Waals surface area (Å²) >= 11 is 0. The minimum Gasteiger partial charge on any atom is -0.507 e. The van der Waals surface area contributed by atoms with Gasteiger partial charge in [-0.3, -0.25) is 0 Å². The standard InChI is InChI=1S/C48H29F26OP/c49-37(50,39(53,54)41(57,58)43(61,62)45(65,66)47(69,70)71)21-19-25-11-15-31-27(23-25)13-17-33(75)35(31)36-32-16-12-26(20-22-38(51,52)40(55,56)42(59,60)44(63,64)46(67,68)48(72,73)74)24-28(32)14-18-34(36)76(29-7-3-1-4-8-29)30-9-5-2-6-10-30/h1-18,23-24,75H,19-22H2. The molecule has 0 aliphatic rings. The number of halogens is 26. The molecule has 6 aromatic carbocycles. The molecule has 1 N–H and O–H groups in total. The van der Waals surface area contributed by atoms with Gasteiger partial charge in [-0.05, 0) is 75.4 Å². The molecule has 0 aliphatic carbocycles.